The topological polar surface area (TPSA) is 0 Å². The molecule has 2 unspecified atom stereocenters. The second-order valence-electron chi connectivity index (χ2n) is 15.0. The van der Waals surface area contributed by atoms with Gasteiger partial charge in [-0.1, -0.05) is 0 Å². The van der Waals surface area contributed by atoms with Crippen LogP contribution in [0, 0.1) is 13.8 Å². The van der Waals surface area contributed by atoms with E-state index >= 15 is 0 Å². The van der Waals surface area contributed by atoms with E-state index in [9.17, 15) is 52.7 Å². The van der Waals surface area contributed by atoms with Gasteiger partial charge in [-0.25, -0.2) is 0 Å². The van der Waals surface area contributed by atoms with Crippen molar-refractivity contribution in [1.82, 2.24) is 0 Å². The Hall–Kier alpha value is -2.80. The zero-order chi connectivity index (χ0) is 40.7. The molecule has 0 saturated heterocycles. The second-order valence-corrected chi connectivity index (χ2v) is 20.7. The minimum absolute atomic E-state index is 0. The predicted octanol–water partition coefficient (Wildman–Crippen LogP) is 7.50. The maximum atomic E-state index is 14.3. The van der Waals surface area contributed by atoms with Crippen molar-refractivity contribution in [3.63, 3.8) is 0 Å². The maximum absolute atomic E-state index is 14.3. The van der Waals surface area contributed by atoms with Gasteiger partial charge in [0, 0.05) is 0 Å². The predicted molar refractivity (Wildman–Crippen MR) is 186 cm³/mol. The third kappa shape index (κ3) is 7.10. The van der Waals surface area contributed by atoms with Crippen LogP contribution in [0.5, 0.6) is 0 Å². The number of alkyl halides is 12. The quantitative estimate of drug-likeness (QED) is 0.147. The van der Waals surface area contributed by atoms with Crippen LogP contribution in [0.1, 0.15) is 91.0 Å². The van der Waals surface area contributed by atoms with E-state index in [4.69, 9.17) is 0 Å². The molecule has 16 heteroatoms. The normalized spacial score (nSPS) is 18.4. The molecular formula is C41H31Cl2F12SiZr. The van der Waals surface area contributed by atoms with E-state index in [-0.39, 0.29) is 57.3 Å². The summed E-state index contributed by atoms with van der Waals surface area (Å²) in [5.74, 6) is -0.616. The molecule has 3 aliphatic rings. The Bertz CT molecular complexity index is 2330. The number of fused-ring (bicyclic) bond motifs is 2. The van der Waals surface area contributed by atoms with E-state index in [1.54, 1.807) is 19.1 Å². The van der Waals surface area contributed by atoms with Crippen LogP contribution < -0.4 is 30.0 Å². The van der Waals surface area contributed by atoms with E-state index < -0.39 is 61.0 Å². The summed E-state index contributed by atoms with van der Waals surface area (Å²) in [6.07, 6.45) is -18.1. The van der Waals surface area contributed by atoms with Gasteiger partial charge >= 0.3 is 300 Å². The van der Waals surface area contributed by atoms with Crippen molar-refractivity contribution in [2.45, 2.75) is 81.5 Å². The Balaban J connectivity index is 0.00000310. The van der Waals surface area contributed by atoms with Gasteiger partial charge in [0.25, 0.3) is 0 Å². The molecule has 0 amide bonds. The van der Waals surface area contributed by atoms with Crippen LogP contribution in [0.15, 0.2) is 59.7 Å². The van der Waals surface area contributed by atoms with Gasteiger partial charge in [-0.05, 0) is 0 Å². The summed E-state index contributed by atoms with van der Waals surface area (Å²) in [5, 5.41) is 1.66. The SMILES string of the molecule is CCC1=Cc2c(-c3cc(C(F)(F)F)cc(C(F)(F)F)c3)ccc(C)c2C1c1c(C)c2c3c(-c4cc(C(F)(F)F)cc(C(F)(F)F)c4)c1[Si](C)(C)C3=C(C)[CH]2[Zr+2].[Cl-].[Cl-]. The van der Waals surface area contributed by atoms with Crippen molar-refractivity contribution in [1.29, 1.82) is 0 Å². The molecule has 0 fully saturated rings. The molecule has 4 aromatic rings. The molecule has 0 nitrogen and oxygen atoms in total. The van der Waals surface area contributed by atoms with Crippen LogP contribution in [0.2, 0.25) is 13.1 Å². The van der Waals surface area contributed by atoms with Crippen molar-refractivity contribution >= 4 is 24.5 Å². The number of halogens is 14. The summed E-state index contributed by atoms with van der Waals surface area (Å²) in [6, 6.07) is 6.24. The molecule has 2 bridgehead atoms. The van der Waals surface area contributed by atoms with Gasteiger partial charge in [0.15, 0.2) is 0 Å². The first kappa shape index (κ1) is 45.3. The van der Waals surface area contributed by atoms with Crippen molar-refractivity contribution in [2.24, 2.45) is 0 Å². The molecule has 0 saturated carbocycles. The number of allylic oxidation sites excluding steroid dienone is 2. The zero-order valence-corrected chi connectivity index (χ0v) is 35.8. The Labute approximate surface area is 349 Å². The monoisotopic (exact) mass is 939 g/mol. The second kappa shape index (κ2) is 14.4. The minimum Gasteiger partial charge on any atom is -1.00 e. The van der Waals surface area contributed by atoms with Crippen LogP contribution in [0.4, 0.5) is 52.7 Å². The van der Waals surface area contributed by atoms with E-state index in [0.717, 1.165) is 69.9 Å². The van der Waals surface area contributed by atoms with Crippen LogP contribution in [0.3, 0.4) is 0 Å². The van der Waals surface area contributed by atoms with Crippen LogP contribution in [-0.4, -0.2) is 8.07 Å². The summed E-state index contributed by atoms with van der Waals surface area (Å²) in [4.78, 5) is 0. The number of hydrogen-bond donors (Lipinski definition) is 0. The molecule has 301 valence electrons. The summed E-state index contributed by atoms with van der Waals surface area (Å²) in [6.45, 7) is 11.6. The molecule has 1 heterocycles. The first-order valence-electron chi connectivity index (χ1n) is 17.3. The van der Waals surface area contributed by atoms with Crippen LogP contribution >= 0.6 is 0 Å². The van der Waals surface area contributed by atoms with E-state index in [2.05, 4.69) is 0 Å². The summed E-state index contributed by atoms with van der Waals surface area (Å²) < 4.78 is 169. The van der Waals surface area contributed by atoms with Crippen LogP contribution in [-0.2, 0) is 49.4 Å². The molecule has 57 heavy (non-hydrogen) atoms. The van der Waals surface area contributed by atoms with Crippen molar-refractivity contribution in [2.75, 3.05) is 0 Å². The van der Waals surface area contributed by atoms with Crippen molar-refractivity contribution in [3.8, 4) is 22.3 Å². The van der Waals surface area contributed by atoms with Gasteiger partial charge < -0.3 is 24.8 Å². The molecule has 0 spiro atoms. The van der Waals surface area contributed by atoms with E-state index in [1.165, 1.54) is 6.07 Å². The van der Waals surface area contributed by atoms with Gasteiger partial charge in [0.2, 0.25) is 0 Å². The van der Waals surface area contributed by atoms with Crippen LogP contribution in [0.25, 0.3) is 33.5 Å². The number of aryl methyl sites for hydroxylation is 1. The Morgan fingerprint density at radius 2 is 1.07 bits per heavy atom. The van der Waals surface area contributed by atoms with Crippen molar-refractivity contribution in [3.05, 3.63) is 121 Å². The standard InChI is InChI=1S/C41H31F12Si.2ClH.Zr/c1-7-21-15-30-28(22-11-24(38(42,43)44)16-25(12-22)39(45,46)47)9-8-18(2)31(30)33(21)32-20(4)29-10-19(3)36-35(29)34(37(32)54(36,5)6)23-13-26(40(48,49)50)17-27(14-23)41(51,52)53;;;/h8-17,33H,7H2,1-6H3;2*1H;/q;;;+2/p-2. The minimum atomic E-state index is -5.08. The maximum Gasteiger partial charge on any atom is -1.00 e. The molecule has 4 aromatic carbocycles. The third-order valence-electron chi connectivity index (χ3n) is 11.4. The molecule has 0 radical (unpaired) electrons. The zero-order valence-electron chi connectivity index (χ0n) is 30.8. The third-order valence-corrected chi connectivity index (χ3v) is 16.9. The molecule has 0 aromatic heterocycles. The molecule has 0 N–H and O–H groups in total. The molecule has 2 atom stereocenters. The Kier molecular flexibility index (Phi) is 11.5. The smallest absolute Gasteiger partial charge is 1.00 e. The summed E-state index contributed by atoms with van der Waals surface area (Å²) in [5.41, 5.74) is 0.863. The fourth-order valence-electron chi connectivity index (χ4n) is 9.16. The molecule has 1 aliphatic heterocycles. The average Bonchev–Trinajstić information content (AvgIpc) is 3.64. The largest absolute Gasteiger partial charge is 1.00 e. The van der Waals surface area contributed by atoms with E-state index in [1.807, 2.05) is 33.9 Å². The number of rotatable bonds is 4. The van der Waals surface area contributed by atoms with Gasteiger partial charge in [-0.3, -0.25) is 0 Å². The Morgan fingerprint density at radius 1 is 0.614 bits per heavy atom. The van der Waals surface area contributed by atoms with Gasteiger partial charge in [-0.2, -0.15) is 26.3 Å². The number of benzene rings is 4. The number of hydrogen-bond acceptors (Lipinski definition) is 0. The van der Waals surface area contributed by atoms with E-state index in [0.29, 0.717) is 51.6 Å². The van der Waals surface area contributed by atoms with Crippen molar-refractivity contribution < 1.29 is 102 Å². The Morgan fingerprint density at radius 3 is 1.51 bits per heavy atom. The fraction of sp³-hybridized carbons (Fsp3) is 0.317. The molecular weight excluding hydrogens is 911 g/mol. The van der Waals surface area contributed by atoms with Gasteiger partial charge in [0.05, 0.1) is 0 Å². The summed E-state index contributed by atoms with van der Waals surface area (Å²) >= 11 is 1.08. The van der Waals surface area contributed by atoms with Gasteiger partial charge in [-0.15, -0.1) is 0 Å². The first-order chi connectivity index (χ1) is 25.2. The first-order valence-corrected chi connectivity index (χ1v) is 21.7. The molecule has 2 aliphatic carbocycles. The fourth-order valence-corrected chi connectivity index (χ4v) is 14.9. The summed E-state index contributed by atoms with van der Waals surface area (Å²) in [7, 11) is -2.90. The molecule has 7 rings (SSSR count). The average molecular weight is 942 g/mol. The van der Waals surface area contributed by atoms with Gasteiger partial charge in [0.1, 0.15) is 0 Å².